The number of hydrogen-bond donors (Lipinski definition) is 2. The standard InChI is InChI=1S/C9H10F2N2O/c10-5-1-7(9(14)13-4-5)8-2-6(11)3-12-8/h1,4,6,8,12H,2-3H2,(H,13,14)/t6-,8+/m0/s1. The van der Waals surface area contributed by atoms with E-state index in [1.165, 1.54) is 0 Å². The number of H-pyrrole nitrogens is 1. The maximum Gasteiger partial charge on any atom is 0.252 e. The maximum absolute atomic E-state index is 12.8. The van der Waals surface area contributed by atoms with Gasteiger partial charge in [-0.2, -0.15) is 0 Å². The Bertz CT molecular complexity index is 391. The lowest BCUT2D eigenvalue weighted by Crippen LogP contribution is -2.22. The molecule has 1 aromatic rings. The van der Waals surface area contributed by atoms with Gasteiger partial charge >= 0.3 is 0 Å². The Kier molecular flexibility index (Phi) is 2.33. The van der Waals surface area contributed by atoms with Crippen molar-refractivity contribution in [1.29, 1.82) is 0 Å². The summed E-state index contributed by atoms with van der Waals surface area (Å²) < 4.78 is 25.6. The van der Waals surface area contributed by atoms with Crippen LogP contribution in [-0.2, 0) is 0 Å². The summed E-state index contributed by atoms with van der Waals surface area (Å²) in [5.41, 5.74) is -0.0943. The molecule has 2 N–H and O–H groups in total. The Morgan fingerprint density at radius 3 is 2.93 bits per heavy atom. The summed E-state index contributed by atoms with van der Waals surface area (Å²) in [7, 11) is 0. The fourth-order valence-electron chi connectivity index (χ4n) is 1.66. The molecule has 0 unspecified atom stereocenters. The summed E-state index contributed by atoms with van der Waals surface area (Å²) in [5, 5.41) is 2.83. The van der Waals surface area contributed by atoms with Gasteiger partial charge in [0.25, 0.3) is 5.56 Å². The lowest BCUT2D eigenvalue weighted by Gasteiger charge is -2.08. The largest absolute Gasteiger partial charge is 0.326 e. The van der Waals surface area contributed by atoms with Gasteiger partial charge in [-0.15, -0.1) is 0 Å². The van der Waals surface area contributed by atoms with Gasteiger partial charge in [-0.25, -0.2) is 8.78 Å². The van der Waals surface area contributed by atoms with Crippen molar-refractivity contribution >= 4 is 0 Å². The first kappa shape index (κ1) is 9.33. The number of rotatable bonds is 1. The van der Waals surface area contributed by atoms with Gasteiger partial charge in [0.1, 0.15) is 12.0 Å². The molecule has 1 saturated heterocycles. The normalized spacial score (nSPS) is 26.7. The van der Waals surface area contributed by atoms with E-state index in [4.69, 9.17) is 0 Å². The van der Waals surface area contributed by atoms with Crippen molar-refractivity contribution in [2.45, 2.75) is 18.6 Å². The summed E-state index contributed by atoms with van der Waals surface area (Å²) in [6.45, 7) is 0.223. The summed E-state index contributed by atoms with van der Waals surface area (Å²) >= 11 is 0. The molecule has 1 aliphatic heterocycles. The van der Waals surface area contributed by atoms with E-state index < -0.39 is 12.0 Å². The molecule has 0 bridgehead atoms. The molecule has 1 aliphatic rings. The third-order valence-electron chi connectivity index (χ3n) is 2.35. The van der Waals surface area contributed by atoms with Crippen molar-refractivity contribution in [2.75, 3.05) is 6.54 Å². The Balaban J connectivity index is 2.32. The minimum Gasteiger partial charge on any atom is -0.326 e. The van der Waals surface area contributed by atoms with Crippen LogP contribution < -0.4 is 10.9 Å². The first-order valence-corrected chi connectivity index (χ1v) is 4.42. The third kappa shape index (κ3) is 1.68. The number of aromatic amines is 1. The van der Waals surface area contributed by atoms with Gasteiger partial charge in [0.05, 0.1) is 0 Å². The summed E-state index contributed by atoms with van der Waals surface area (Å²) in [4.78, 5) is 13.5. The van der Waals surface area contributed by atoms with Crippen molar-refractivity contribution in [2.24, 2.45) is 0 Å². The van der Waals surface area contributed by atoms with Crippen LogP contribution in [0.5, 0.6) is 0 Å². The molecule has 2 heterocycles. The molecule has 0 radical (unpaired) electrons. The maximum atomic E-state index is 12.8. The topological polar surface area (TPSA) is 44.9 Å². The van der Waals surface area contributed by atoms with E-state index in [2.05, 4.69) is 10.3 Å². The second kappa shape index (κ2) is 3.49. The number of halogens is 2. The number of alkyl halides is 1. The Morgan fingerprint density at radius 1 is 1.50 bits per heavy atom. The van der Waals surface area contributed by atoms with Crippen LogP contribution in [0.25, 0.3) is 0 Å². The fraction of sp³-hybridized carbons (Fsp3) is 0.444. The fourth-order valence-corrected chi connectivity index (χ4v) is 1.66. The highest BCUT2D eigenvalue weighted by Crippen LogP contribution is 2.22. The third-order valence-corrected chi connectivity index (χ3v) is 2.35. The molecular weight excluding hydrogens is 190 g/mol. The van der Waals surface area contributed by atoms with Crippen LogP contribution in [0, 0.1) is 5.82 Å². The number of nitrogens with one attached hydrogen (secondary N) is 2. The highest BCUT2D eigenvalue weighted by Gasteiger charge is 2.26. The van der Waals surface area contributed by atoms with Gasteiger partial charge in [-0.1, -0.05) is 0 Å². The van der Waals surface area contributed by atoms with Crippen LogP contribution in [0.15, 0.2) is 17.1 Å². The molecule has 5 heteroatoms. The van der Waals surface area contributed by atoms with Crippen LogP contribution in [0.1, 0.15) is 18.0 Å². The van der Waals surface area contributed by atoms with Crippen molar-refractivity contribution in [1.82, 2.24) is 10.3 Å². The van der Waals surface area contributed by atoms with Crippen molar-refractivity contribution < 1.29 is 8.78 Å². The van der Waals surface area contributed by atoms with E-state index in [0.717, 1.165) is 12.3 Å². The van der Waals surface area contributed by atoms with E-state index in [-0.39, 0.29) is 30.1 Å². The van der Waals surface area contributed by atoms with Gasteiger partial charge in [0.15, 0.2) is 0 Å². The van der Waals surface area contributed by atoms with Gasteiger partial charge in [-0.3, -0.25) is 4.79 Å². The Morgan fingerprint density at radius 2 is 2.29 bits per heavy atom. The van der Waals surface area contributed by atoms with Crippen LogP contribution >= 0.6 is 0 Å². The molecule has 0 spiro atoms. The predicted octanol–water partition coefficient (Wildman–Crippen LogP) is 0.887. The minimum atomic E-state index is -0.956. The van der Waals surface area contributed by atoms with E-state index in [1.807, 2.05) is 0 Å². The molecular formula is C9H10F2N2O. The van der Waals surface area contributed by atoms with Crippen LogP contribution in [0.4, 0.5) is 8.78 Å². The van der Waals surface area contributed by atoms with Crippen LogP contribution in [0.3, 0.4) is 0 Å². The zero-order valence-corrected chi connectivity index (χ0v) is 7.39. The zero-order chi connectivity index (χ0) is 10.1. The molecule has 0 aromatic carbocycles. The molecule has 2 rings (SSSR count). The Hall–Kier alpha value is -1.23. The average Bonchev–Trinajstić information content (AvgIpc) is 2.56. The van der Waals surface area contributed by atoms with E-state index >= 15 is 0 Å². The van der Waals surface area contributed by atoms with Crippen molar-refractivity contribution in [3.8, 4) is 0 Å². The smallest absolute Gasteiger partial charge is 0.252 e. The lowest BCUT2D eigenvalue weighted by atomic mass is 10.1. The van der Waals surface area contributed by atoms with E-state index in [0.29, 0.717) is 0 Å². The van der Waals surface area contributed by atoms with E-state index in [9.17, 15) is 13.6 Å². The number of aromatic nitrogens is 1. The van der Waals surface area contributed by atoms with Crippen molar-refractivity contribution in [3.63, 3.8) is 0 Å². The number of pyridine rings is 1. The minimum absolute atomic E-state index is 0.223. The van der Waals surface area contributed by atoms with Crippen molar-refractivity contribution in [3.05, 3.63) is 34.0 Å². The zero-order valence-electron chi connectivity index (χ0n) is 7.39. The highest BCUT2D eigenvalue weighted by atomic mass is 19.1. The highest BCUT2D eigenvalue weighted by molar-refractivity contribution is 5.17. The molecule has 14 heavy (non-hydrogen) atoms. The van der Waals surface area contributed by atoms with Gasteiger partial charge in [0.2, 0.25) is 0 Å². The first-order chi connectivity index (χ1) is 6.66. The predicted molar refractivity (Wildman–Crippen MR) is 47.3 cm³/mol. The quantitative estimate of drug-likeness (QED) is 0.707. The summed E-state index contributed by atoms with van der Waals surface area (Å²) in [6.07, 6.45) is 0.267. The molecule has 0 amide bonds. The van der Waals surface area contributed by atoms with Gasteiger partial charge in [0, 0.05) is 24.3 Å². The van der Waals surface area contributed by atoms with Crippen LogP contribution in [0.2, 0.25) is 0 Å². The molecule has 0 aliphatic carbocycles. The number of hydrogen-bond acceptors (Lipinski definition) is 2. The molecule has 0 saturated carbocycles. The Labute approximate surface area is 79.1 Å². The summed E-state index contributed by atoms with van der Waals surface area (Å²) in [6, 6.07) is 0.776. The lowest BCUT2D eigenvalue weighted by molar-refractivity contribution is 0.355. The second-order valence-corrected chi connectivity index (χ2v) is 3.40. The second-order valence-electron chi connectivity index (χ2n) is 3.40. The van der Waals surface area contributed by atoms with E-state index in [1.54, 1.807) is 0 Å². The monoisotopic (exact) mass is 200 g/mol. The first-order valence-electron chi connectivity index (χ1n) is 4.42. The molecule has 76 valence electrons. The average molecular weight is 200 g/mol. The summed E-state index contributed by atoms with van der Waals surface area (Å²) in [5.74, 6) is -0.510. The van der Waals surface area contributed by atoms with Crippen LogP contribution in [-0.4, -0.2) is 17.7 Å². The van der Waals surface area contributed by atoms with Gasteiger partial charge in [-0.05, 0) is 12.5 Å². The molecule has 2 atom stereocenters. The SMILES string of the molecule is O=c1[nH]cc(F)cc1[C@H]1C[C@H](F)CN1. The molecule has 3 nitrogen and oxygen atoms in total. The molecule has 1 fully saturated rings. The van der Waals surface area contributed by atoms with Gasteiger partial charge < -0.3 is 10.3 Å². The molecule has 1 aromatic heterocycles.